The van der Waals surface area contributed by atoms with Gasteiger partial charge in [-0.15, -0.1) is 0 Å². The van der Waals surface area contributed by atoms with Gasteiger partial charge in [0.15, 0.2) is 0 Å². The van der Waals surface area contributed by atoms with Crippen LogP contribution < -0.4 is 5.32 Å². The molecule has 0 fully saturated rings. The van der Waals surface area contributed by atoms with Crippen molar-refractivity contribution in [2.24, 2.45) is 0 Å². The van der Waals surface area contributed by atoms with Gasteiger partial charge in [-0.2, -0.15) is 0 Å². The predicted molar refractivity (Wildman–Crippen MR) is 278 cm³/mol. The number of unbranched alkanes of at least 4 members (excludes halogenated alkanes) is 33. The molecule has 0 bridgehead atoms. The van der Waals surface area contributed by atoms with Crippen molar-refractivity contribution in [3.63, 3.8) is 0 Å². The van der Waals surface area contributed by atoms with Crippen molar-refractivity contribution >= 4 is 17.9 Å². The van der Waals surface area contributed by atoms with E-state index in [0.717, 1.165) is 129 Å². The molecule has 0 atom stereocenters. The second-order valence-electron chi connectivity index (χ2n) is 19.6. The molecule has 0 amide bonds. The first kappa shape index (κ1) is 63.3. The highest BCUT2D eigenvalue weighted by Crippen LogP contribution is 2.14. The van der Waals surface area contributed by atoms with Crippen LogP contribution in [0.5, 0.6) is 0 Å². The molecule has 0 heterocycles. The number of nitrogens with zero attached hydrogens (tertiary/aromatic N) is 1. The zero-order valence-corrected chi connectivity index (χ0v) is 44.0. The second-order valence-corrected chi connectivity index (χ2v) is 19.6. The van der Waals surface area contributed by atoms with Crippen molar-refractivity contribution in [1.82, 2.24) is 10.2 Å². The maximum absolute atomic E-state index is 12.3. The molecule has 0 aromatic carbocycles. The molecular formula is C57H112N2O6. The van der Waals surface area contributed by atoms with Crippen LogP contribution in [-0.2, 0) is 28.6 Å². The van der Waals surface area contributed by atoms with Crippen LogP contribution in [0.1, 0.15) is 297 Å². The molecule has 8 heteroatoms. The van der Waals surface area contributed by atoms with Gasteiger partial charge < -0.3 is 24.4 Å². The molecule has 1 N–H and O–H groups in total. The zero-order chi connectivity index (χ0) is 47.2. The minimum Gasteiger partial charge on any atom is -0.466 e. The number of carbonyl (C=O) groups excluding carboxylic acids is 3. The van der Waals surface area contributed by atoms with Crippen molar-refractivity contribution < 1.29 is 28.6 Å². The average molecular weight is 922 g/mol. The van der Waals surface area contributed by atoms with Gasteiger partial charge in [0.2, 0.25) is 0 Å². The van der Waals surface area contributed by atoms with Crippen LogP contribution in [-0.4, -0.2) is 75.4 Å². The van der Waals surface area contributed by atoms with Gasteiger partial charge in [-0.25, -0.2) is 0 Å². The normalized spacial score (nSPS) is 11.4. The lowest BCUT2D eigenvalue weighted by Gasteiger charge is -2.22. The highest BCUT2D eigenvalue weighted by Gasteiger charge is 2.09. The number of nitrogens with one attached hydrogen (secondary N) is 1. The molecule has 0 aliphatic heterocycles. The molecule has 0 rings (SSSR count). The fraction of sp³-hybridized carbons (Fsp3) is 0.947. The van der Waals surface area contributed by atoms with Crippen molar-refractivity contribution in [2.75, 3.05) is 52.5 Å². The molecule has 0 aliphatic rings. The third kappa shape index (κ3) is 53.2. The SMILES string of the molecule is CCCCCCCCCCCCOC(=O)CCCCCNCCCN(CCCCCC(=O)OCCCCCCCCCCCC)CCCCCC(=O)OCCCCCCCCCCCC. The maximum atomic E-state index is 12.3. The molecule has 386 valence electrons. The van der Waals surface area contributed by atoms with Gasteiger partial charge in [-0.05, 0) is 96.9 Å². The largest absolute Gasteiger partial charge is 0.466 e. The van der Waals surface area contributed by atoms with Crippen molar-refractivity contribution in [1.29, 1.82) is 0 Å². The molecule has 8 nitrogen and oxygen atoms in total. The van der Waals surface area contributed by atoms with E-state index in [9.17, 15) is 14.4 Å². The number of hydrogen-bond acceptors (Lipinski definition) is 8. The number of ether oxygens (including phenoxy) is 3. The van der Waals surface area contributed by atoms with Gasteiger partial charge in [-0.3, -0.25) is 14.4 Å². The van der Waals surface area contributed by atoms with Crippen LogP contribution in [0.2, 0.25) is 0 Å². The summed E-state index contributed by atoms with van der Waals surface area (Å²) in [6.45, 7) is 13.6. The molecule has 0 saturated heterocycles. The first-order valence-corrected chi connectivity index (χ1v) is 28.9. The van der Waals surface area contributed by atoms with E-state index in [2.05, 4.69) is 31.0 Å². The van der Waals surface area contributed by atoms with E-state index >= 15 is 0 Å². The molecular weight excluding hydrogens is 809 g/mol. The minimum atomic E-state index is -0.0367. The number of carbonyl (C=O) groups is 3. The molecule has 0 aromatic rings. The fourth-order valence-corrected chi connectivity index (χ4v) is 8.69. The molecule has 0 aliphatic carbocycles. The summed E-state index contributed by atoms with van der Waals surface area (Å²) in [5.41, 5.74) is 0. The van der Waals surface area contributed by atoms with Gasteiger partial charge in [0, 0.05) is 19.3 Å². The Morgan fingerprint density at radius 1 is 0.292 bits per heavy atom. The fourth-order valence-electron chi connectivity index (χ4n) is 8.69. The summed E-state index contributed by atoms with van der Waals surface area (Å²) in [6.07, 6.45) is 50.4. The third-order valence-corrected chi connectivity index (χ3v) is 13.1. The summed E-state index contributed by atoms with van der Waals surface area (Å²) in [5.74, 6) is -0.108. The van der Waals surface area contributed by atoms with Crippen LogP contribution in [0, 0.1) is 0 Å². The van der Waals surface area contributed by atoms with Crippen molar-refractivity contribution in [3.8, 4) is 0 Å². The van der Waals surface area contributed by atoms with E-state index in [4.69, 9.17) is 14.2 Å². The van der Waals surface area contributed by atoms with Gasteiger partial charge >= 0.3 is 17.9 Å². The minimum absolute atomic E-state index is 0.0342. The van der Waals surface area contributed by atoms with Crippen LogP contribution in [0.4, 0.5) is 0 Å². The smallest absolute Gasteiger partial charge is 0.305 e. The molecule has 0 saturated carbocycles. The van der Waals surface area contributed by atoms with Gasteiger partial charge in [0.05, 0.1) is 19.8 Å². The third-order valence-electron chi connectivity index (χ3n) is 13.1. The number of esters is 3. The van der Waals surface area contributed by atoms with E-state index in [-0.39, 0.29) is 17.9 Å². The van der Waals surface area contributed by atoms with Crippen LogP contribution >= 0.6 is 0 Å². The standard InChI is InChI=1S/C57H112N2O6/c1-4-7-10-13-16-19-22-25-28-40-52-63-55(60)44-34-31-37-47-58-48-43-51-59(49-38-32-35-45-56(61)64-53-41-29-26-23-20-17-14-11-8-5-2)50-39-33-36-46-57(62)65-54-42-30-27-24-21-18-15-12-9-6-3/h58H,4-54H2,1-3H3. The second kappa shape index (κ2) is 54.9. The topological polar surface area (TPSA) is 94.2 Å². The van der Waals surface area contributed by atoms with Crippen molar-refractivity contribution in [2.45, 2.75) is 297 Å². The summed E-state index contributed by atoms with van der Waals surface area (Å²) in [4.78, 5) is 39.4. The average Bonchev–Trinajstić information content (AvgIpc) is 3.30. The Bertz CT molecular complexity index is 931. The zero-order valence-electron chi connectivity index (χ0n) is 44.0. The lowest BCUT2D eigenvalue weighted by atomic mass is 10.1. The summed E-state index contributed by atoms with van der Waals surface area (Å²) in [6, 6.07) is 0. The number of hydrogen-bond donors (Lipinski definition) is 1. The van der Waals surface area contributed by atoms with Crippen LogP contribution in [0.25, 0.3) is 0 Å². The Labute approximate surface area is 404 Å². The first-order valence-electron chi connectivity index (χ1n) is 28.9. The summed E-state index contributed by atoms with van der Waals surface area (Å²) in [5, 5.41) is 3.62. The van der Waals surface area contributed by atoms with E-state index in [1.807, 2.05) is 0 Å². The Balaban J connectivity index is 4.19. The highest BCUT2D eigenvalue weighted by molar-refractivity contribution is 5.69. The Morgan fingerprint density at radius 3 is 0.862 bits per heavy atom. The molecule has 0 spiro atoms. The van der Waals surface area contributed by atoms with Gasteiger partial charge in [-0.1, -0.05) is 213 Å². The summed E-state index contributed by atoms with van der Waals surface area (Å²) in [7, 11) is 0. The maximum Gasteiger partial charge on any atom is 0.305 e. The molecule has 0 unspecified atom stereocenters. The molecule has 0 aromatic heterocycles. The summed E-state index contributed by atoms with van der Waals surface area (Å²) < 4.78 is 16.6. The molecule has 65 heavy (non-hydrogen) atoms. The Kier molecular flexibility index (Phi) is 53.5. The van der Waals surface area contributed by atoms with E-state index in [0.29, 0.717) is 39.1 Å². The van der Waals surface area contributed by atoms with E-state index in [1.165, 1.54) is 161 Å². The number of rotatable bonds is 55. The van der Waals surface area contributed by atoms with Crippen molar-refractivity contribution in [3.05, 3.63) is 0 Å². The van der Waals surface area contributed by atoms with E-state index in [1.54, 1.807) is 0 Å². The predicted octanol–water partition coefficient (Wildman–Crippen LogP) is 16.3. The highest BCUT2D eigenvalue weighted by atomic mass is 16.5. The summed E-state index contributed by atoms with van der Waals surface area (Å²) >= 11 is 0. The van der Waals surface area contributed by atoms with Gasteiger partial charge in [0.25, 0.3) is 0 Å². The Hall–Kier alpha value is -1.67. The van der Waals surface area contributed by atoms with E-state index < -0.39 is 0 Å². The first-order chi connectivity index (χ1) is 32.0. The molecule has 0 radical (unpaired) electrons. The quantitative estimate of drug-likeness (QED) is 0.0366. The monoisotopic (exact) mass is 921 g/mol. The Morgan fingerprint density at radius 2 is 0.538 bits per heavy atom. The van der Waals surface area contributed by atoms with Crippen LogP contribution in [0.15, 0.2) is 0 Å². The lowest BCUT2D eigenvalue weighted by molar-refractivity contribution is -0.144. The van der Waals surface area contributed by atoms with Gasteiger partial charge in [0.1, 0.15) is 0 Å². The lowest BCUT2D eigenvalue weighted by Crippen LogP contribution is -2.30. The van der Waals surface area contributed by atoms with Crippen LogP contribution in [0.3, 0.4) is 0 Å².